The second kappa shape index (κ2) is 4.31. The van der Waals surface area contributed by atoms with Gasteiger partial charge in [-0.15, -0.1) is 0 Å². The summed E-state index contributed by atoms with van der Waals surface area (Å²) in [5.41, 5.74) is -0.0863. The fourth-order valence-electron chi connectivity index (χ4n) is 1.12. The van der Waals surface area contributed by atoms with Crippen molar-refractivity contribution in [2.24, 2.45) is 5.41 Å². The van der Waals surface area contributed by atoms with Gasteiger partial charge in [-0.05, 0) is 23.8 Å². The molecule has 0 atom stereocenters. The molecule has 3 heteroatoms. The average Bonchev–Trinajstić information content (AvgIpc) is 2.09. The lowest BCUT2D eigenvalue weighted by molar-refractivity contribution is -0.125. The monoisotopic (exact) mass is 228 g/mol. The Kier molecular flexibility index (Phi) is 3.50. The summed E-state index contributed by atoms with van der Waals surface area (Å²) in [4.78, 5) is 11.7. The van der Waals surface area contributed by atoms with Gasteiger partial charge < -0.3 is 0 Å². The molecular weight excluding hydrogens is 215 g/mol. The highest BCUT2D eigenvalue weighted by atomic mass is 35.5. The number of carbonyl (C=O) groups excluding carboxylic acids is 1. The number of Topliss-reactive ketones (excluding diaryl/α,β-unsaturated/α-hetero) is 1. The standard InChI is InChI=1S/C12H14ClFO/c1-12(2,3)11(15)7-8-6-9(13)4-5-10(8)14/h4-6H,7H2,1-3H3. The van der Waals surface area contributed by atoms with Crippen molar-refractivity contribution in [2.45, 2.75) is 27.2 Å². The molecule has 0 aliphatic rings. The molecule has 82 valence electrons. The van der Waals surface area contributed by atoms with E-state index in [1.165, 1.54) is 18.2 Å². The van der Waals surface area contributed by atoms with Crippen LogP contribution >= 0.6 is 11.6 Å². The van der Waals surface area contributed by atoms with E-state index in [1.807, 2.05) is 20.8 Å². The molecule has 0 amide bonds. The van der Waals surface area contributed by atoms with Crippen molar-refractivity contribution in [3.63, 3.8) is 0 Å². The largest absolute Gasteiger partial charge is 0.299 e. The van der Waals surface area contributed by atoms with Gasteiger partial charge in [0.1, 0.15) is 11.6 Å². The molecule has 0 bridgehead atoms. The third-order valence-electron chi connectivity index (χ3n) is 2.20. The number of rotatable bonds is 2. The molecule has 0 aromatic heterocycles. The van der Waals surface area contributed by atoms with Crippen LogP contribution in [0.5, 0.6) is 0 Å². The summed E-state index contributed by atoms with van der Waals surface area (Å²) in [7, 11) is 0. The maximum absolute atomic E-state index is 13.3. The van der Waals surface area contributed by atoms with Crippen LogP contribution in [0.2, 0.25) is 5.02 Å². The van der Waals surface area contributed by atoms with E-state index < -0.39 is 5.41 Å². The minimum Gasteiger partial charge on any atom is -0.299 e. The molecule has 0 saturated carbocycles. The van der Waals surface area contributed by atoms with Gasteiger partial charge in [0.15, 0.2) is 0 Å². The second-order valence-corrected chi connectivity index (χ2v) is 5.02. The molecular formula is C12H14ClFO. The molecule has 0 spiro atoms. The van der Waals surface area contributed by atoms with Crippen molar-refractivity contribution in [2.75, 3.05) is 0 Å². The molecule has 0 radical (unpaired) electrons. The quantitative estimate of drug-likeness (QED) is 0.756. The van der Waals surface area contributed by atoms with E-state index >= 15 is 0 Å². The lowest BCUT2D eigenvalue weighted by Gasteiger charge is -2.16. The van der Waals surface area contributed by atoms with Gasteiger partial charge in [-0.3, -0.25) is 4.79 Å². The van der Waals surface area contributed by atoms with Gasteiger partial charge in [-0.1, -0.05) is 32.4 Å². The highest BCUT2D eigenvalue weighted by molar-refractivity contribution is 6.30. The first-order valence-corrected chi connectivity index (χ1v) is 5.16. The summed E-state index contributed by atoms with van der Waals surface area (Å²) < 4.78 is 13.3. The molecule has 15 heavy (non-hydrogen) atoms. The zero-order chi connectivity index (χ0) is 11.6. The van der Waals surface area contributed by atoms with Gasteiger partial charge in [0.05, 0.1) is 0 Å². The van der Waals surface area contributed by atoms with Crippen LogP contribution < -0.4 is 0 Å². The lowest BCUT2D eigenvalue weighted by atomic mass is 9.87. The fraction of sp³-hybridized carbons (Fsp3) is 0.417. The van der Waals surface area contributed by atoms with Gasteiger partial charge >= 0.3 is 0 Å². The summed E-state index contributed by atoms with van der Waals surface area (Å²) >= 11 is 5.74. The van der Waals surface area contributed by atoms with Crippen molar-refractivity contribution in [3.05, 3.63) is 34.6 Å². The summed E-state index contributed by atoms with van der Waals surface area (Å²) in [6, 6.07) is 4.26. The van der Waals surface area contributed by atoms with Crippen molar-refractivity contribution < 1.29 is 9.18 Å². The van der Waals surface area contributed by atoms with Crippen LogP contribution in [0.4, 0.5) is 4.39 Å². The van der Waals surface area contributed by atoms with Crippen molar-refractivity contribution in [3.8, 4) is 0 Å². The zero-order valence-corrected chi connectivity index (χ0v) is 9.86. The molecule has 0 N–H and O–H groups in total. The Hall–Kier alpha value is -0.890. The van der Waals surface area contributed by atoms with E-state index in [1.54, 1.807) is 0 Å². The molecule has 0 unspecified atom stereocenters. The van der Waals surface area contributed by atoms with E-state index in [9.17, 15) is 9.18 Å². The summed E-state index contributed by atoms with van der Waals surface area (Å²) in [5, 5.41) is 0.452. The minimum atomic E-state index is -0.450. The summed E-state index contributed by atoms with van der Waals surface area (Å²) in [6.45, 7) is 5.45. The normalized spacial score (nSPS) is 11.5. The molecule has 0 aliphatic carbocycles. The number of benzene rings is 1. The van der Waals surface area contributed by atoms with E-state index in [2.05, 4.69) is 0 Å². The van der Waals surface area contributed by atoms with E-state index in [0.29, 0.717) is 10.6 Å². The topological polar surface area (TPSA) is 17.1 Å². The molecule has 0 fully saturated rings. The van der Waals surface area contributed by atoms with E-state index in [4.69, 9.17) is 11.6 Å². The zero-order valence-electron chi connectivity index (χ0n) is 9.10. The van der Waals surface area contributed by atoms with Crippen LogP contribution in [0.25, 0.3) is 0 Å². The van der Waals surface area contributed by atoms with Gasteiger partial charge in [0, 0.05) is 16.9 Å². The number of hydrogen-bond acceptors (Lipinski definition) is 1. The van der Waals surface area contributed by atoms with Crippen LogP contribution in [0.15, 0.2) is 18.2 Å². The molecule has 0 heterocycles. The highest BCUT2D eigenvalue weighted by Crippen LogP contribution is 2.21. The van der Waals surface area contributed by atoms with Crippen LogP contribution in [0.1, 0.15) is 26.3 Å². The van der Waals surface area contributed by atoms with Crippen molar-refractivity contribution in [1.29, 1.82) is 0 Å². The van der Waals surface area contributed by atoms with Crippen LogP contribution in [0.3, 0.4) is 0 Å². The number of ketones is 1. The van der Waals surface area contributed by atoms with Gasteiger partial charge in [-0.25, -0.2) is 4.39 Å². The van der Waals surface area contributed by atoms with Crippen molar-refractivity contribution in [1.82, 2.24) is 0 Å². The predicted octanol–water partition coefficient (Wildman–Crippen LogP) is 3.64. The third kappa shape index (κ3) is 3.31. The highest BCUT2D eigenvalue weighted by Gasteiger charge is 2.22. The van der Waals surface area contributed by atoms with Gasteiger partial charge in [0.2, 0.25) is 0 Å². The Morgan fingerprint density at radius 2 is 2.00 bits per heavy atom. The van der Waals surface area contributed by atoms with E-state index in [-0.39, 0.29) is 18.0 Å². The Morgan fingerprint density at radius 3 is 2.53 bits per heavy atom. The maximum atomic E-state index is 13.3. The first-order valence-electron chi connectivity index (χ1n) is 4.78. The van der Waals surface area contributed by atoms with Gasteiger partial charge in [-0.2, -0.15) is 0 Å². The molecule has 0 saturated heterocycles. The predicted molar refractivity (Wildman–Crippen MR) is 59.6 cm³/mol. The van der Waals surface area contributed by atoms with Crippen molar-refractivity contribution >= 4 is 17.4 Å². The Bertz CT molecular complexity index is 380. The summed E-state index contributed by atoms with van der Waals surface area (Å²) in [5.74, 6) is -0.374. The van der Waals surface area contributed by atoms with E-state index in [0.717, 1.165) is 0 Å². The number of carbonyl (C=O) groups is 1. The Balaban J connectivity index is 2.90. The molecule has 1 aromatic carbocycles. The summed E-state index contributed by atoms with van der Waals surface area (Å²) in [6.07, 6.45) is 0.0931. The fourth-order valence-corrected chi connectivity index (χ4v) is 1.31. The van der Waals surface area contributed by atoms with Crippen LogP contribution in [0, 0.1) is 11.2 Å². The molecule has 0 aliphatic heterocycles. The third-order valence-corrected chi connectivity index (χ3v) is 2.43. The minimum absolute atomic E-state index is 0.00340. The first kappa shape index (κ1) is 12.2. The smallest absolute Gasteiger partial charge is 0.142 e. The maximum Gasteiger partial charge on any atom is 0.142 e. The first-order chi connectivity index (χ1) is 6.80. The number of hydrogen-bond donors (Lipinski definition) is 0. The van der Waals surface area contributed by atoms with Crippen LogP contribution in [-0.2, 0) is 11.2 Å². The molecule has 1 rings (SSSR count). The lowest BCUT2D eigenvalue weighted by Crippen LogP contribution is -2.22. The average molecular weight is 229 g/mol. The molecule has 1 aromatic rings. The van der Waals surface area contributed by atoms with Gasteiger partial charge in [0.25, 0.3) is 0 Å². The van der Waals surface area contributed by atoms with Crippen LogP contribution in [-0.4, -0.2) is 5.78 Å². The number of halogens is 2. The SMILES string of the molecule is CC(C)(C)C(=O)Cc1cc(Cl)ccc1F. The molecule has 1 nitrogen and oxygen atoms in total. The second-order valence-electron chi connectivity index (χ2n) is 4.59. The Morgan fingerprint density at radius 1 is 1.40 bits per heavy atom. The Labute approximate surface area is 94.3 Å².